The highest BCUT2D eigenvalue weighted by Gasteiger charge is 2.40. The van der Waals surface area contributed by atoms with Gasteiger partial charge in [0.05, 0.1) is 93.7 Å². The zero-order chi connectivity index (χ0) is 58.3. The van der Waals surface area contributed by atoms with E-state index in [9.17, 15) is 26.4 Å². The first-order valence-corrected chi connectivity index (χ1v) is 33.1. The normalized spacial score (nSPS) is 19.5. The molecule has 4 aromatic rings. The smallest absolute Gasteiger partial charge is 0.240 e. The number of carbonyl (C=O) groups excluding carboxylic acids is 2. The summed E-state index contributed by atoms with van der Waals surface area (Å²) in [7, 11) is -7.24. The Bertz CT molecular complexity index is 2650. The highest BCUT2D eigenvalue weighted by atomic mass is 32.2. The van der Waals surface area contributed by atoms with Crippen molar-refractivity contribution in [1.29, 1.82) is 0 Å². The molecule has 0 spiro atoms. The number of rotatable bonds is 37. The van der Waals surface area contributed by atoms with Gasteiger partial charge in [-0.25, -0.2) is 21.6 Å². The number of ketones is 1. The predicted octanol–water partition coefficient (Wildman–Crippen LogP) is 7.48. The van der Waals surface area contributed by atoms with E-state index in [-0.39, 0.29) is 97.5 Å². The Balaban J connectivity index is 0.577. The van der Waals surface area contributed by atoms with Crippen LogP contribution in [0.3, 0.4) is 0 Å². The lowest BCUT2D eigenvalue weighted by Crippen LogP contribution is -2.43. The fraction of sp³-hybridized carbons (Fsp3) is 0.587. The number of ether oxygens (including phenoxy) is 8. The van der Waals surface area contributed by atoms with E-state index >= 15 is 0 Å². The molecule has 2 aliphatic carbocycles. The van der Waals surface area contributed by atoms with Crippen molar-refractivity contribution in [2.24, 2.45) is 5.41 Å². The summed E-state index contributed by atoms with van der Waals surface area (Å²) in [5.41, 5.74) is 3.83. The zero-order valence-electron chi connectivity index (χ0n) is 48.7. The van der Waals surface area contributed by atoms with E-state index < -0.39 is 25.3 Å². The minimum absolute atomic E-state index is 0.0299. The SMILES string of the molecule is CC(C)(C(=O)CCCOCCOCCOCCCS(=O)(=O)c1ccc(O[C@H]2c3ccccc3C[C@@H]2N2CCCCC2)cc1)C(=O)NCCOCCOCCOCCNS(=O)(=O)c1ccc(O[C@H]2c3ccccc3C[C@@H]2N2CCCCC2)cc1. The van der Waals surface area contributed by atoms with Crippen LogP contribution in [0.5, 0.6) is 11.5 Å². The summed E-state index contributed by atoms with van der Waals surface area (Å²) in [6.45, 7) is 11.4. The number of likely N-dealkylation sites (tertiary alicyclic amines) is 2. The largest absolute Gasteiger partial charge is 0.484 e. The maximum atomic E-state index is 13.1. The Morgan fingerprint density at radius 2 is 0.928 bits per heavy atom. The predicted molar refractivity (Wildman–Crippen MR) is 316 cm³/mol. The molecule has 2 N–H and O–H groups in total. The molecule has 0 bridgehead atoms. The molecule has 4 atom stereocenters. The summed E-state index contributed by atoms with van der Waals surface area (Å²) in [6.07, 6.45) is 10.0. The third kappa shape index (κ3) is 19.1. The van der Waals surface area contributed by atoms with Crippen molar-refractivity contribution in [2.45, 2.75) is 119 Å². The number of sulfonamides is 1. The van der Waals surface area contributed by atoms with Crippen molar-refractivity contribution in [3.8, 4) is 11.5 Å². The molecule has 0 saturated carbocycles. The molecule has 0 radical (unpaired) electrons. The van der Waals surface area contributed by atoms with Gasteiger partial charge in [-0.15, -0.1) is 0 Å². The van der Waals surface area contributed by atoms with Gasteiger partial charge in [-0.05, 0) is 162 Å². The second-order valence-corrected chi connectivity index (χ2v) is 26.2. The molecule has 2 heterocycles. The topological polar surface area (TPSA) is 207 Å². The van der Waals surface area contributed by atoms with Gasteiger partial charge >= 0.3 is 0 Å². The monoisotopic (exact) mass is 1190 g/mol. The van der Waals surface area contributed by atoms with E-state index in [4.69, 9.17) is 37.9 Å². The average molecular weight is 1190 g/mol. The van der Waals surface area contributed by atoms with E-state index in [2.05, 4.69) is 62.3 Å². The van der Waals surface area contributed by atoms with Gasteiger partial charge < -0.3 is 43.2 Å². The minimum atomic E-state index is -3.74. The van der Waals surface area contributed by atoms with E-state index in [0.717, 1.165) is 39.0 Å². The number of fused-ring (bicyclic) bond motifs is 2. The number of hydrogen-bond donors (Lipinski definition) is 2. The molecule has 4 aliphatic rings. The third-order valence-corrected chi connectivity index (χ3v) is 19.4. The Kier molecular flexibility index (Phi) is 25.2. The summed E-state index contributed by atoms with van der Waals surface area (Å²) in [5.74, 6) is 0.705. The quantitative estimate of drug-likeness (QED) is 0.0332. The fourth-order valence-corrected chi connectivity index (χ4v) is 13.6. The molecular weight excluding hydrogens is 1100 g/mol. The lowest BCUT2D eigenvalue weighted by Gasteiger charge is -2.35. The van der Waals surface area contributed by atoms with Gasteiger partial charge in [0, 0.05) is 32.7 Å². The molecule has 8 rings (SSSR count). The van der Waals surface area contributed by atoms with Crippen molar-refractivity contribution < 1.29 is 64.3 Å². The van der Waals surface area contributed by atoms with Crippen LogP contribution in [-0.2, 0) is 70.7 Å². The number of hydrogen-bond acceptors (Lipinski definition) is 16. The fourth-order valence-electron chi connectivity index (χ4n) is 11.3. The van der Waals surface area contributed by atoms with E-state index in [1.807, 2.05) is 6.07 Å². The highest BCUT2D eigenvalue weighted by Crippen LogP contribution is 2.41. The second-order valence-electron chi connectivity index (χ2n) is 22.3. The number of carbonyl (C=O) groups is 2. The molecule has 456 valence electrons. The Morgan fingerprint density at radius 3 is 1.42 bits per heavy atom. The summed E-state index contributed by atoms with van der Waals surface area (Å²) in [4.78, 5) is 31.3. The van der Waals surface area contributed by atoms with Crippen molar-refractivity contribution >= 4 is 31.6 Å². The molecule has 18 nitrogen and oxygen atoms in total. The molecule has 1 amide bonds. The van der Waals surface area contributed by atoms with Gasteiger partial charge in [-0.1, -0.05) is 61.4 Å². The molecule has 20 heteroatoms. The Hall–Kier alpha value is -4.84. The molecule has 4 aromatic carbocycles. The third-order valence-electron chi connectivity index (χ3n) is 16.1. The van der Waals surface area contributed by atoms with E-state index in [1.165, 1.54) is 60.8 Å². The molecule has 0 unspecified atom stereocenters. The van der Waals surface area contributed by atoms with E-state index in [0.29, 0.717) is 77.2 Å². The first-order valence-electron chi connectivity index (χ1n) is 30.0. The van der Waals surface area contributed by atoms with Gasteiger partial charge in [-0.2, -0.15) is 0 Å². The summed E-state index contributed by atoms with van der Waals surface area (Å²) < 4.78 is 101. The van der Waals surface area contributed by atoms with Gasteiger partial charge in [0.15, 0.2) is 9.84 Å². The Labute approximate surface area is 492 Å². The number of benzene rings is 4. The van der Waals surface area contributed by atoms with Crippen LogP contribution in [0.4, 0.5) is 0 Å². The number of piperidine rings is 2. The molecule has 2 aliphatic heterocycles. The number of nitrogens with one attached hydrogen (secondary N) is 2. The number of amides is 1. The molecule has 2 fully saturated rings. The van der Waals surface area contributed by atoms with Crippen LogP contribution in [-0.4, -0.2) is 175 Å². The molecule has 83 heavy (non-hydrogen) atoms. The number of sulfone groups is 1. The lowest BCUT2D eigenvalue weighted by molar-refractivity contribution is -0.140. The van der Waals surface area contributed by atoms with Crippen LogP contribution in [0.1, 0.15) is 106 Å². The standard InChI is InChI=1S/C63H88N4O14S2/c1-63(2,59(68)19-13-34-74-38-42-78-43-39-75-35-14-46-82(70,71)53-24-20-51(21-25-53)80-60-55-17-7-5-15-49(55)47-57(60)66-30-9-3-10-31-66)62(69)64-28-36-76-40-44-79-45-41-77-37-29-65-83(72,73)54-26-22-52(23-27-54)81-61-56-18-8-6-16-50(56)48-58(61)67-32-11-4-12-33-67/h5-8,15-18,20-27,57-58,60-61,65H,3-4,9-14,19,28-48H2,1-2H3,(H,64,69)/t57-,58-,60-,61-/m0/s1. The molecular formula is C63H88N4O14S2. The second kappa shape index (κ2) is 32.6. The first kappa shape index (κ1) is 64.2. The Morgan fingerprint density at radius 1 is 0.506 bits per heavy atom. The lowest BCUT2D eigenvalue weighted by atomic mass is 9.85. The van der Waals surface area contributed by atoms with E-state index in [1.54, 1.807) is 62.4 Å². The van der Waals surface area contributed by atoms with Crippen LogP contribution in [0.15, 0.2) is 107 Å². The summed E-state index contributed by atoms with van der Waals surface area (Å²) in [6, 6.07) is 30.8. The van der Waals surface area contributed by atoms with Crippen LogP contribution >= 0.6 is 0 Å². The first-order chi connectivity index (χ1) is 40.3. The van der Waals surface area contributed by atoms with Gasteiger partial charge in [0.1, 0.15) is 34.9 Å². The summed E-state index contributed by atoms with van der Waals surface area (Å²) >= 11 is 0. The van der Waals surface area contributed by atoms with Gasteiger partial charge in [0.25, 0.3) is 0 Å². The zero-order valence-corrected chi connectivity index (χ0v) is 50.3. The van der Waals surface area contributed by atoms with Crippen molar-refractivity contribution in [3.63, 3.8) is 0 Å². The summed E-state index contributed by atoms with van der Waals surface area (Å²) in [5, 5.41) is 2.78. The maximum Gasteiger partial charge on any atom is 0.240 e. The van der Waals surface area contributed by atoms with Crippen LogP contribution < -0.4 is 19.5 Å². The van der Waals surface area contributed by atoms with Crippen molar-refractivity contribution in [3.05, 3.63) is 119 Å². The van der Waals surface area contributed by atoms with Crippen LogP contribution in [0, 0.1) is 5.41 Å². The highest BCUT2D eigenvalue weighted by molar-refractivity contribution is 7.91. The maximum absolute atomic E-state index is 13.1. The number of nitrogens with zero attached hydrogens (tertiary/aromatic N) is 2. The van der Waals surface area contributed by atoms with Crippen molar-refractivity contribution in [2.75, 3.05) is 124 Å². The molecule has 0 aromatic heterocycles. The van der Waals surface area contributed by atoms with Crippen LogP contribution in [0.2, 0.25) is 0 Å². The van der Waals surface area contributed by atoms with Gasteiger partial charge in [-0.3, -0.25) is 19.4 Å². The minimum Gasteiger partial charge on any atom is -0.484 e. The van der Waals surface area contributed by atoms with Gasteiger partial charge in [0.2, 0.25) is 15.9 Å². The molecule has 2 saturated heterocycles. The average Bonchev–Trinajstić information content (AvgIpc) is 3.98. The number of Topliss-reactive ketones (excluding diaryl/α,β-unsaturated/α-hetero) is 1. The van der Waals surface area contributed by atoms with Crippen molar-refractivity contribution in [1.82, 2.24) is 19.8 Å². The van der Waals surface area contributed by atoms with Crippen LogP contribution in [0.25, 0.3) is 0 Å².